The molecule has 11 rings (SSSR count). The summed E-state index contributed by atoms with van der Waals surface area (Å²) in [5.41, 5.74) is 1.37. The Balaban J connectivity index is 0.00000471. The molecule has 17 atom stereocenters. The number of hydrogen-bond donors (Lipinski definition) is 10. The molecule has 9 fully saturated rings. The Kier molecular flexibility index (Phi) is 12.5. The summed E-state index contributed by atoms with van der Waals surface area (Å²) in [5.74, 6) is 1.17. The van der Waals surface area contributed by atoms with E-state index in [0.717, 1.165) is 89.2 Å². The Hall–Kier alpha value is -2.71. The molecule has 5 aliphatic heterocycles. The summed E-state index contributed by atoms with van der Waals surface area (Å²) in [6, 6.07) is 13.7. The second-order valence-electron chi connectivity index (χ2n) is 20.4. The number of rotatable bonds is 6. The van der Waals surface area contributed by atoms with E-state index in [2.05, 4.69) is 46.4 Å². The van der Waals surface area contributed by atoms with Crippen molar-refractivity contribution in [1.29, 1.82) is 0 Å². The minimum atomic E-state index is -3.91. The number of nitrogens with zero attached hydrogens (tertiary/aromatic N) is 2. The van der Waals surface area contributed by atoms with Gasteiger partial charge in [-0.25, -0.2) is 8.42 Å². The van der Waals surface area contributed by atoms with Crippen molar-refractivity contribution in [3.63, 3.8) is 0 Å². The van der Waals surface area contributed by atoms with Crippen molar-refractivity contribution in [1.82, 2.24) is 36.8 Å². The van der Waals surface area contributed by atoms with E-state index in [1.165, 1.54) is 18.6 Å². The van der Waals surface area contributed by atoms with Gasteiger partial charge < -0.3 is 20.2 Å². The standard InChI is InChI=1S/C46H67N9O6S.Co/c56-27-20-16-25(17-21-27)53-62(60,61)36-15-7-14-35-38(36)46-52-42-32-11-4-2-9-30(32)40(48-42)50-44-34-13-6-5-12-33(34)43(54(44)24-37(58)59)49-39-29-8-1-3-10-31(29)41(47-39)51-45(35)55(46)26-18-22-28(57)23-19-26;/h16-23,29-36,38-53,56-57H,1-15,24H2,(H,58,59);. The molecule has 9 aliphatic rings. The Morgan fingerprint density at radius 1 is 0.556 bits per heavy atom. The second-order valence-corrected chi connectivity index (χ2v) is 22.3. The zero-order valence-electron chi connectivity index (χ0n) is 35.9. The molecule has 15 nitrogen and oxygen atoms in total. The number of phenolic OH excluding ortho intramolecular Hbond substituents is 2. The maximum absolute atomic E-state index is 14.9. The maximum Gasteiger partial charge on any atom is 0.317 e. The van der Waals surface area contributed by atoms with E-state index in [0.29, 0.717) is 47.6 Å². The van der Waals surface area contributed by atoms with Gasteiger partial charge in [-0.15, -0.1) is 0 Å². The molecule has 4 saturated carbocycles. The molecular formula is C46H67CoN9O6S. The van der Waals surface area contributed by atoms with Crippen LogP contribution in [0, 0.1) is 47.3 Å². The van der Waals surface area contributed by atoms with E-state index in [4.69, 9.17) is 0 Å². The summed E-state index contributed by atoms with van der Waals surface area (Å²) >= 11 is 0. The summed E-state index contributed by atoms with van der Waals surface area (Å²) in [5, 5.41) is 55.3. The molecule has 2 aromatic carbocycles. The molecule has 4 aliphatic carbocycles. The quantitative estimate of drug-likeness (QED) is 0.185. The summed E-state index contributed by atoms with van der Waals surface area (Å²) < 4.78 is 32.7. The van der Waals surface area contributed by atoms with Crippen molar-refractivity contribution in [3.05, 3.63) is 48.5 Å². The van der Waals surface area contributed by atoms with Gasteiger partial charge >= 0.3 is 5.97 Å². The second kappa shape index (κ2) is 17.8. The number of carbonyl (C=O) groups is 1. The molecular weight excluding hydrogens is 866 g/mol. The molecule has 1 radical (unpaired) electrons. The molecule has 0 amide bonds. The zero-order valence-corrected chi connectivity index (χ0v) is 37.8. The summed E-state index contributed by atoms with van der Waals surface area (Å²) in [4.78, 5) is 17.5. The third kappa shape index (κ3) is 8.07. The first-order valence-corrected chi connectivity index (χ1v) is 25.6. The van der Waals surface area contributed by atoms with Crippen molar-refractivity contribution in [3.8, 4) is 11.5 Å². The molecule has 17 heteroatoms. The number of sulfonamides is 1. The van der Waals surface area contributed by atoms with Crippen LogP contribution >= 0.6 is 0 Å². The minimum absolute atomic E-state index is 0. The van der Waals surface area contributed by atoms with Gasteiger partial charge in [0.1, 0.15) is 11.5 Å². The van der Waals surface area contributed by atoms with Gasteiger partial charge in [-0.1, -0.05) is 44.9 Å². The Labute approximate surface area is 382 Å². The predicted molar refractivity (Wildman–Crippen MR) is 236 cm³/mol. The Morgan fingerprint density at radius 3 is 1.48 bits per heavy atom. The summed E-state index contributed by atoms with van der Waals surface area (Å²) in [7, 11) is -3.91. The van der Waals surface area contributed by atoms with Crippen LogP contribution in [0.1, 0.15) is 96.3 Å². The van der Waals surface area contributed by atoms with Gasteiger partial charge in [-0.2, -0.15) is 0 Å². The van der Waals surface area contributed by atoms with Gasteiger partial charge in [0.15, 0.2) is 0 Å². The third-order valence-corrected chi connectivity index (χ3v) is 19.2. The number of nitrogens with one attached hydrogen (secondary N) is 7. The fourth-order valence-electron chi connectivity index (χ4n) is 14.8. The molecule has 347 valence electrons. The number of benzene rings is 2. The van der Waals surface area contributed by atoms with Gasteiger partial charge in [0.05, 0.1) is 61.1 Å². The number of hydrogen-bond acceptors (Lipinski definition) is 13. The number of carboxylic acids is 1. The molecule has 0 spiro atoms. The molecule has 0 aromatic heterocycles. The number of aliphatic carboxylic acids is 1. The van der Waals surface area contributed by atoms with Gasteiger partial charge in [0, 0.05) is 40.0 Å². The van der Waals surface area contributed by atoms with E-state index in [1.54, 1.807) is 24.3 Å². The first kappa shape index (κ1) is 44.1. The number of phenols is 2. The van der Waals surface area contributed by atoms with Crippen LogP contribution in [0.4, 0.5) is 11.4 Å². The van der Waals surface area contributed by atoms with Crippen LogP contribution in [-0.2, 0) is 31.6 Å². The average molecular weight is 933 g/mol. The number of aromatic hydroxyl groups is 2. The van der Waals surface area contributed by atoms with Crippen LogP contribution < -0.4 is 41.5 Å². The van der Waals surface area contributed by atoms with E-state index in [9.17, 15) is 28.5 Å². The van der Waals surface area contributed by atoms with Gasteiger partial charge in [0.2, 0.25) is 10.0 Å². The Bertz CT molecular complexity index is 2060. The van der Waals surface area contributed by atoms with Crippen molar-refractivity contribution in [2.45, 2.75) is 151 Å². The monoisotopic (exact) mass is 932 g/mol. The van der Waals surface area contributed by atoms with Crippen LogP contribution in [0.25, 0.3) is 0 Å². The normalized spacial score (nSPS) is 42.3. The van der Waals surface area contributed by atoms with E-state index in [1.807, 2.05) is 12.1 Å². The molecule has 8 bridgehead atoms. The van der Waals surface area contributed by atoms with Crippen LogP contribution in [-0.4, -0.2) is 95.7 Å². The minimum Gasteiger partial charge on any atom is -0.508 e. The van der Waals surface area contributed by atoms with Gasteiger partial charge in [-0.3, -0.25) is 46.3 Å². The van der Waals surface area contributed by atoms with Crippen molar-refractivity contribution in [2.75, 3.05) is 16.2 Å². The first-order valence-electron chi connectivity index (χ1n) is 24.0. The van der Waals surface area contributed by atoms with Crippen molar-refractivity contribution >= 4 is 27.4 Å². The smallest absolute Gasteiger partial charge is 0.317 e. The summed E-state index contributed by atoms with van der Waals surface area (Å²) in [6.07, 6.45) is 14.6. The molecule has 10 N–H and O–H groups in total. The third-order valence-electron chi connectivity index (χ3n) is 17.3. The van der Waals surface area contributed by atoms with Gasteiger partial charge in [-0.05, 0) is 135 Å². The molecule has 2 aromatic rings. The van der Waals surface area contributed by atoms with Gasteiger partial charge in [0.25, 0.3) is 0 Å². The first-order chi connectivity index (χ1) is 30.1. The molecule has 17 unspecified atom stereocenters. The topological polar surface area (TPSA) is 203 Å². The van der Waals surface area contributed by atoms with E-state index >= 15 is 0 Å². The van der Waals surface area contributed by atoms with Crippen LogP contribution in [0.2, 0.25) is 0 Å². The molecule has 5 heterocycles. The number of anilines is 2. The zero-order chi connectivity index (χ0) is 42.3. The van der Waals surface area contributed by atoms with E-state index < -0.39 is 21.2 Å². The molecule has 63 heavy (non-hydrogen) atoms. The van der Waals surface area contributed by atoms with Crippen molar-refractivity contribution in [2.24, 2.45) is 47.3 Å². The fourth-order valence-corrected chi connectivity index (χ4v) is 16.7. The fraction of sp³-hybridized carbons (Fsp3) is 0.717. The van der Waals surface area contributed by atoms with Crippen molar-refractivity contribution < 1.29 is 45.3 Å². The predicted octanol–water partition coefficient (Wildman–Crippen LogP) is 4.15. The Morgan fingerprint density at radius 2 is 0.984 bits per heavy atom. The van der Waals surface area contributed by atoms with Crippen LogP contribution in [0.5, 0.6) is 11.5 Å². The van der Waals surface area contributed by atoms with Crippen LogP contribution in [0.15, 0.2) is 48.5 Å². The average Bonchev–Trinajstić information content (AvgIpc) is 3.98. The maximum atomic E-state index is 14.9. The number of carboxylic acid groups (broad SMARTS) is 1. The number of fused-ring (bicyclic) bond motifs is 20. The largest absolute Gasteiger partial charge is 0.508 e. The van der Waals surface area contributed by atoms with Crippen LogP contribution in [0.3, 0.4) is 0 Å². The summed E-state index contributed by atoms with van der Waals surface area (Å²) in [6.45, 7) is -0.0174. The SMILES string of the molecule is O=C(O)CN1C2NC3NC(NC4C5CCCC(S(=O)(=O)Nc6ccc(O)cc6)C5C(NC5NC(NC1C1CCCCC12)C1CCCCC51)N4c1ccc(O)cc1)C1CCCCC31.[Co]. The molecule has 5 saturated heterocycles. The van der Waals surface area contributed by atoms with E-state index in [-0.39, 0.29) is 96.0 Å².